The third-order valence-corrected chi connectivity index (χ3v) is 7.57. The zero-order valence-corrected chi connectivity index (χ0v) is 17.6. The molecule has 5 aliphatic rings. The highest BCUT2D eigenvalue weighted by Crippen LogP contribution is 2.58. The van der Waals surface area contributed by atoms with Crippen LogP contribution in [0.1, 0.15) is 37.7 Å². The fourth-order valence-corrected chi connectivity index (χ4v) is 6.39. The Labute approximate surface area is 181 Å². The minimum atomic E-state index is -1.54. The van der Waals surface area contributed by atoms with Crippen molar-refractivity contribution >= 4 is 12.0 Å². The maximum absolute atomic E-state index is 11.1. The Bertz CT molecular complexity index is 835. The van der Waals surface area contributed by atoms with Crippen molar-refractivity contribution in [3.05, 3.63) is 35.4 Å². The summed E-state index contributed by atoms with van der Waals surface area (Å²) in [5.74, 6) is 4.22. The van der Waals surface area contributed by atoms with Gasteiger partial charge in [0.05, 0.1) is 7.11 Å². The van der Waals surface area contributed by atoms with Gasteiger partial charge < -0.3 is 34.3 Å². The van der Waals surface area contributed by atoms with Gasteiger partial charge in [0.2, 0.25) is 6.29 Å². The van der Waals surface area contributed by atoms with Crippen molar-refractivity contribution in [2.24, 2.45) is 23.7 Å². The largest absolute Gasteiger partial charge is 0.496 e. The number of aliphatic hydroxyl groups is 3. The second-order valence-corrected chi connectivity index (χ2v) is 9.52. The molecule has 4 bridgehead atoms. The molecule has 5 unspecified atom stereocenters. The predicted octanol–water partition coefficient (Wildman–Crippen LogP) is 1.89. The van der Waals surface area contributed by atoms with Gasteiger partial charge in [-0.2, -0.15) is 0 Å². The van der Waals surface area contributed by atoms with Gasteiger partial charge in [-0.1, -0.05) is 12.1 Å². The number of benzene rings is 1. The highest BCUT2D eigenvalue weighted by Gasteiger charge is 2.47. The zero-order valence-electron chi connectivity index (χ0n) is 17.6. The van der Waals surface area contributed by atoms with Crippen molar-refractivity contribution in [1.82, 2.24) is 0 Å². The van der Waals surface area contributed by atoms with E-state index in [9.17, 15) is 20.1 Å². The predicted molar refractivity (Wildman–Crippen MR) is 111 cm³/mol. The molecule has 3 N–H and O–H groups in total. The number of rotatable bonds is 5. The average Bonchev–Trinajstić information content (AvgIpc) is 2.76. The number of aliphatic hydroxyl groups excluding tert-OH is 3. The summed E-state index contributed by atoms with van der Waals surface area (Å²) in [7, 11) is 1.71. The summed E-state index contributed by atoms with van der Waals surface area (Å²) in [6.07, 6.45) is -0.283. The number of hydrogen-bond donors (Lipinski definition) is 3. The first-order valence-electron chi connectivity index (χ1n) is 11.2. The second kappa shape index (κ2) is 8.20. The minimum absolute atomic E-state index is 0.395. The van der Waals surface area contributed by atoms with Crippen molar-refractivity contribution in [1.29, 1.82) is 0 Å². The highest BCUT2D eigenvalue weighted by molar-refractivity contribution is 5.66. The molecule has 0 amide bonds. The molecule has 0 radical (unpaired) electrons. The smallest absolute Gasteiger partial charge is 0.229 e. The standard InChI is InChI=1S/C24H30O7/c1-29-23(19-15-6-12-5-13(8-15)9-16(19)7-12)14-3-2-4-17(10-14)30-24-22(28)21(27)20(26)18(11-25)31-24/h2-4,10-13,15-16,18,20-22,24,26-28H,5-9H2,1H3. The first-order valence-corrected chi connectivity index (χ1v) is 11.2. The fourth-order valence-electron chi connectivity index (χ4n) is 6.39. The fraction of sp³-hybridized carbons (Fsp3) is 0.625. The first-order chi connectivity index (χ1) is 15.0. The summed E-state index contributed by atoms with van der Waals surface area (Å²) in [4.78, 5) is 11.1. The Hall–Kier alpha value is -1.93. The van der Waals surface area contributed by atoms with Crippen LogP contribution >= 0.6 is 0 Å². The third kappa shape index (κ3) is 3.67. The van der Waals surface area contributed by atoms with E-state index in [1.165, 1.54) is 37.7 Å². The molecular weight excluding hydrogens is 400 g/mol. The lowest BCUT2D eigenvalue weighted by Crippen LogP contribution is -2.59. The molecule has 1 aromatic carbocycles. The van der Waals surface area contributed by atoms with Crippen molar-refractivity contribution in [2.45, 2.75) is 62.8 Å². The van der Waals surface area contributed by atoms with E-state index in [2.05, 4.69) is 0 Å². The molecule has 6 rings (SSSR count). The molecule has 1 aromatic rings. The Morgan fingerprint density at radius 1 is 1.00 bits per heavy atom. The molecule has 4 aliphatic carbocycles. The van der Waals surface area contributed by atoms with Gasteiger partial charge in [0.1, 0.15) is 35.9 Å². The molecule has 7 nitrogen and oxygen atoms in total. The maximum atomic E-state index is 11.1. The van der Waals surface area contributed by atoms with E-state index in [0.717, 1.165) is 23.2 Å². The van der Waals surface area contributed by atoms with Crippen LogP contribution in [0.3, 0.4) is 0 Å². The van der Waals surface area contributed by atoms with Gasteiger partial charge in [-0.3, -0.25) is 0 Å². The molecule has 0 spiro atoms. The van der Waals surface area contributed by atoms with E-state index >= 15 is 0 Å². The molecule has 0 aromatic heterocycles. The van der Waals surface area contributed by atoms with Crippen LogP contribution in [-0.2, 0) is 14.3 Å². The van der Waals surface area contributed by atoms with E-state index < -0.39 is 30.7 Å². The molecule has 168 valence electrons. The molecule has 31 heavy (non-hydrogen) atoms. The van der Waals surface area contributed by atoms with Crippen LogP contribution in [-0.4, -0.2) is 59.4 Å². The minimum Gasteiger partial charge on any atom is -0.496 e. The Balaban J connectivity index is 1.40. The lowest BCUT2D eigenvalue weighted by molar-refractivity contribution is -0.263. The van der Waals surface area contributed by atoms with Crippen LogP contribution in [0.15, 0.2) is 29.8 Å². The van der Waals surface area contributed by atoms with Gasteiger partial charge in [0, 0.05) is 5.56 Å². The number of allylic oxidation sites excluding steroid dienone is 1. The Kier molecular flexibility index (Phi) is 5.54. The van der Waals surface area contributed by atoms with Gasteiger partial charge in [-0.25, -0.2) is 0 Å². The monoisotopic (exact) mass is 430 g/mol. The summed E-state index contributed by atoms with van der Waals surface area (Å²) in [5.41, 5.74) is 2.33. The molecule has 1 aliphatic heterocycles. The lowest BCUT2D eigenvalue weighted by Gasteiger charge is -2.51. The lowest BCUT2D eigenvalue weighted by atomic mass is 9.54. The van der Waals surface area contributed by atoms with Crippen molar-refractivity contribution in [2.75, 3.05) is 7.11 Å². The van der Waals surface area contributed by atoms with Gasteiger partial charge in [-0.15, -0.1) is 0 Å². The van der Waals surface area contributed by atoms with Crippen LogP contribution < -0.4 is 4.74 Å². The van der Waals surface area contributed by atoms with E-state index in [-0.39, 0.29) is 0 Å². The normalized spacial score (nSPS) is 41.2. The van der Waals surface area contributed by atoms with E-state index in [4.69, 9.17) is 14.2 Å². The van der Waals surface area contributed by atoms with Gasteiger partial charge in [0.15, 0.2) is 6.29 Å². The van der Waals surface area contributed by atoms with Crippen LogP contribution in [0, 0.1) is 23.7 Å². The van der Waals surface area contributed by atoms with Crippen molar-refractivity contribution in [3.8, 4) is 5.75 Å². The molecule has 4 saturated carbocycles. The Morgan fingerprint density at radius 3 is 2.29 bits per heavy atom. The van der Waals surface area contributed by atoms with Gasteiger partial charge in [-0.05, 0) is 73.5 Å². The van der Waals surface area contributed by atoms with Crippen molar-refractivity contribution in [3.63, 3.8) is 0 Å². The molecular formula is C24H30O7. The number of hydrogen-bond acceptors (Lipinski definition) is 7. The summed E-state index contributed by atoms with van der Waals surface area (Å²) >= 11 is 0. The molecule has 1 heterocycles. The van der Waals surface area contributed by atoms with Crippen LogP contribution in [0.4, 0.5) is 0 Å². The molecule has 5 fully saturated rings. The summed E-state index contributed by atoms with van der Waals surface area (Å²) in [6, 6.07) is 7.38. The molecule has 7 heteroatoms. The number of aldehydes is 1. The maximum Gasteiger partial charge on any atom is 0.229 e. The van der Waals surface area contributed by atoms with Crippen LogP contribution in [0.5, 0.6) is 5.75 Å². The third-order valence-electron chi connectivity index (χ3n) is 7.57. The van der Waals surface area contributed by atoms with Gasteiger partial charge >= 0.3 is 0 Å². The number of carbonyl (C=O) groups excluding carboxylic acids is 1. The average molecular weight is 430 g/mol. The van der Waals surface area contributed by atoms with E-state index in [1.54, 1.807) is 13.2 Å². The summed E-state index contributed by atoms with van der Waals surface area (Å²) in [5, 5.41) is 30.1. The molecule has 1 saturated heterocycles. The quantitative estimate of drug-likeness (QED) is 0.484. The first kappa shape index (κ1) is 20.9. The molecule has 5 atom stereocenters. The van der Waals surface area contributed by atoms with Crippen LogP contribution in [0.25, 0.3) is 5.76 Å². The number of ether oxygens (including phenoxy) is 3. The topological polar surface area (TPSA) is 105 Å². The summed E-state index contributed by atoms with van der Waals surface area (Å²) in [6.45, 7) is 0. The number of carbonyl (C=O) groups is 1. The highest BCUT2D eigenvalue weighted by atomic mass is 16.7. The second-order valence-electron chi connectivity index (χ2n) is 9.52. The van der Waals surface area contributed by atoms with E-state index in [1.807, 2.05) is 18.2 Å². The SMILES string of the molecule is COC(=C1C2CC3CC(C2)CC1C3)c1cccc(OC2OC(C=O)C(O)C(O)C2O)c1. The van der Waals surface area contributed by atoms with Crippen LogP contribution in [0.2, 0.25) is 0 Å². The van der Waals surface area contributed by atoms with Gasteiger partial charge in [0.25, 0.3) is 0 Å². The Morgan fingerprint density at radius 2 is 1.68 bits per heavy atom. The summed E-state index contributed by atoms with van der Waals surface area (Å²) < 4.78 is 17.1. The number of methoxy groups -OCH3 is 1. The van der Waals surface area contributed by atoms with E-state index in [0.29, 0.717) is 23.9 Å². The van der Waals surface area contributed by atoms with Crippen molar-refractivity contribution < 1.29 is 34.3 Å². The zero-order chi connectivity index (χ0) is 21.7.